The summed E-state index contributed by atoms with van der Waals surface area (Å²) < 4.78 is 12.9. The zero-order valence-corrected chi connectivity index (χ0v) is 13.2. The van der Waals surface area contributed by atoms with Crippen molar-refractivity contribution >= 4 is 5.78 Å². The van der Waals surface area contributed by atoms with Gasteiger partial charge in [-0.15, -0.1) is 0 Å². The number of nitrogens with zero attached hydrogens (tertiary/aromatic N) is 2. The second-order valence-corrected chi connectivity index (χ2v) is 6.29. The molecule has 1 saturated heterocycles. The van der Waals surface area contributed by atoms with Crippen LogP contribution in [0.2, 0.25) is 0 Å². The van der Waals surface area contributed by atoms with Gasteiger partial charge in [0.15, 0.2) is 5.78 Å². The van der Waals surface area contributed by atoms with Crippen LogP contribution in [0.4, 0.5) is 4.39 Å². The van der Waals surface area contributed by atoms with E-state index in [1.807, 2.05) is 6.92 Å². The Bertz CT molecular complexity index is 464. The number of rotatable bonds is 5. The monoisotopic (exact) mass is 292 g/mol. The van der Waals surface area contributed by atoms with Crippen LogP contribution in [0.15, 0.2) is 24.3 Å². The summed E-state index contributed by atoms with van der Waals surface area (Å²) in [5.41, 5.74) is 0.597. The molecule has 0 saturated carbocycles. The van der Waals surface area contributed by atoms with E-state index in [9.17, 15) is 9.18 Å². The van der Waals surface area contributed by atoms with Crippen molar-refractivity contribution in [3.05, 3.63) is 35.6 Å². The molecule has 1 aliphatic heterocycles. The van der Waals surface area contributed by atoms with Crippen LogP contribution in [-0.2, 0) is 0 Å². The van der Waals surface area contributed by atoms with Crippen LogP contribution in [0, 0.1) is 11.7 Å². The molecule has 1 atom stereocenters. The molecule has 3 nitrogen and oxygen atoms in total. The van der Waals surface area contributed by atoms with E-state index in [1.54, 1.807) is 12.1 Å². The smallest absolute Gasteiger partial charge is 0.179 e. The molecule has 1 fully saturated rings. The number of Topliss-reactive ketones (excluding diaryl/α,β-unsaturated/α-hetero) is 1. The Morgan fingerprint density at radius 2 is 1.86 bits per heavy atom. The van der Waals surface area contributed by atoms with Crippen LogP contribution >= 0.6 is 0 Å². The topological polar surface area (TPSA) is 23.6 Å². The van der Waals surface area contributed by atoms with Gasteiger partial charge in [0.05, 0.1) is 6.04 Å². The first-order valence-electron chi connectivity index (χ1n) is 7.66. The Morgan fingerprint density at radius 1 is 1.29 bits per heavy atom. The number of carbonyl (C=O) groups is 1. The van der Waals surface area contributed by atoms with Gasteiger partial charge >= 0.3 is 0 Å². The highest BCUT2D eigenvalue weighted by Crippen LogP contribution is 2.21. The van der Waals surface area contributed by atoms with Crippen molar-refractivity contribution in [3.63, 3.8) is 0 Å². The van der Waals surface area contributed by atoms with Gasteiger partial charge in [0.2, 0.25) is 0 Å². The summed E-state index contributed by atoms with van der Waals surface area (Å²) in [5, 5.41) is 0. The minimum absolute atomic E-state index is 0.0843. The van der Waals surface area contributed by atoms with Gasteiger partial charge in [-0.05, 0) is 77.1 Å². The maximum atomic E-state index is 12.9. The normalized spacial score (nSPS) is 18.9. The Labute approximate surface area is 126 Å². The van der Waals surface area contributed by atoms with Crippen LogP contribution < -0.4 is 0 Å². The highest BCUT2D eigenvalue weighted by atomic mass is 19.1. The molecule has 0 aromatic heterocycles. The number of benzene rings is 1. The van der Waals surface area contributed by atoms with Crippen molar-refractivity contribution in [1.82, 2.24) is 9.80 Å². The molecule has 1 aliphatic rings. The molecule has 4 heteroatoms. The largest absolute Gasteiger partial charge is 0.309 e. The fourth-order valence-corrected chi connectivity index (χ4v) is 3.06. The Morgan fingerprint density at radius 3 is 2.38 bits per heavy atom. The van der Waals surface area contributed by atoms with E-state index in [2.05, 4.69) is 23.9 Å². The number of ketones is 1. The molecule has 1 heterocycles. The van der Waals surface area contributed by atoms with Crippen molar-refractivity contribution in [2.75, 3.05) is 33.7 Å². The molecule has 0 radical (unpaired) electrons. The van der Waals surface area contributed by atoms with Gasteiger partial charge in [-0.1, -0.05) is 0 Å². The Balaban J connectivity index is 1.90. The predicted octanol–water partition coefficient (Wildman–Crippen LogP) is 2.67. The fourth-order valence-electron chi connectivity index (χ4n) is 3.06. The number of halogens is 1. The lowest BCUT2D eigenvalue weighted by Crippen LogP contribution is -2.45. The van der Waals surface area contributed by atoms with Crippen molar-refractivity contribution in [2.45, 2.75) is 25.8 Å². The first kappa shape index (κ1) is 16.1. The zero-order chi connectivity index (χ0) is 15.4. The van der Waals surface area contributed by atoms with Gasteiger partial charge in [-0.2, -0.15) is 0 Å². The van der Waals surface area contributed by atoms with E-state index in [4.69, 9.17) is 0 Å². The van der Waals surface area contributed by atoms with Gasteiger partial charge in [0.25, 0.3) is 0 Å². The van der Waals surface area contributed by atoms with Gasteiger partial charge < -0.3 is 4.90 Å². The molecule has 0 spiro atoms. The van der Waals surface area contributed by atoms with Crippen molar-refractivity contribution < 1.29 is 9.18 Å². The van der Waals surface area contributed by atoms with Crippen molar-refractivity contribution in [2.24, 2.45) is 5.92 Å². The lowest BCUT2D eigenvalue weighted by molar-refractivity contribution is 0.0755. The summed E-state index contributed by atoms with van der Waals surface area (Å²) >= 11 is 0. The number of hydrogen-bond acceptors (Lipinski definition) is 3. The minimum atomic E-state index is -0.302. The quantitative estimate of drug-likeness (QED) is 0.780. The van der Waals surface area contributed by atoms with E-state index in [1.165, 1.54) is 12.1 Å². The third kappa shape index (κ3) is 4.35. The second kappa shape index (κ2) is 7.14. The average molecular weight is 292 g/mol. The zero-order valence-electron chi connectivity index (χ0n) is 13.2. The Kier molecular flexibility index (Phi) is 5.48. The lowest BCUT2D eigenvalue weighted by atomic mass is 9.94. The number of likely N-dealkylation sites (tertiary alicyclic amines) is 1. The predicted molar refractivity (Wildman–Crippen MR) is 83.0 cm³/mol. The van der Waals surface area contributed by atoms with Crippen LogP contribution in [0.1, 0.15) is 30.1 Å². The number of piperidine rings is 1. The summed E-state index contributed by atoms with van der Waals surface area (Å²) in [6.07, 6.45) is 2.28. The fraction of sp³-hybridized carbons (Fsp3) is 0.588. The van der Waals surface area contributed by atoms with E-state index >= 15 is 0 Å². The van der Waals surface area contributed by atoms with Gasteiger partial charge in [0, 0.05) is 12.1 Å². The molecule has 1 unspecified atom stereocenters. The summed E-state index contributed by atoms with van der Waals surface area (Å²) in [4.78, 5) is 16.9. The average Bonchev–Trinajstić information content (AvgIpc) is 2.47. The molecule has 1 aromatic carbocycles. The molecule has 0 aliphatic carbocycles. The molecule has 0 bridgehead atoms. The SMILES string of the molecule is CC(C(=O)c1ccc(F)cc1)N1CCC(CN(C)C)CC1. The van der Waals surface area contributed by atoms with E-state index in [-0.39, 0.29) is 17.6 Å². The molecule has 0 amide bonds. The van der Waals surface area contributed by atoms with Crippen molar-refractivity contribution in [1.29, 1.82) is 0 Å². The highest BCUT2D eigenvalue weighted by Gasteiger charge is 2.27. The van der Waals surface area contributed by atoms with Gasteiger partial charge in [-0.25, -0.2) is 4.39 Å². The van der Waals surface area contributed by atoms with Crippen LogP contribution in [0.5, 0.6) is 0 Å². The summed E-state index contributed by atoms with van der Waals surface area (Å²) in [5.74, 6) is 0.508. The summed E-state index contributed by atoms with van der Waals surface area (Å²) in [6.45, 7) is 5.01. The molecule has 2 rings (SSSR count). The van der Waals surface area contributed by atoms with E-state index < -0.39 is 0 Å². The van der Waals surface area contributed by atoms with E-state index in [0.717, 1.165) is 38.4 Å². The summed E-state index contributed by atoms with van der Waals surface area (Å²) in [6, 6.07) is 5.72. The van der Waals surface area contributed by atoms with Crippen LogP contribution in [-0.4, -0.2) is 55.4 Å². The first-order chi connectivity index (χ1) is 9.97. The molecule has 1 aromatic rings. The molecular formula is C17H25FN2O. The molecule has 116 valence electrons. The molecule has 21 heavy (non-hydrogen) atoms. The van der Waals surface area contributed by atoms with Crippen molar-refractivity contribution in [3.8, 4) is 0 Å². The second-order valence-electron chi connectivity index (χ2n) is 6.29. The van der Waals surface area contributed by atoms with Gasteiger partial charge in [-0.3, -0.25) is 9.69 Å². The third-order valence-electron chi connectivity index (χ3n) is 4.33. The molecular weight excluding hydrogens is 267 g/mol. The maximum absolute atomic E-state index is 12.9. The summed E-state index contributed by atoms with van der Waals surface area (Å²) in [7, 11) is 4.21. The maximum Gasteiger partial charge on any atom is 0.179 e. The highest BCUT2D eigenvalue weighted by molar-refractivity contribution is 5.99. The Hall–Kier alpha value is -1.26. The lowest BCUT2D eigenvalue weighted by Gasteiger charge is -2.36. The van der Waals surface area contributed by atoms with Gasteiger partial charge in [0.1, 0.15) is 5.82 Å². The van der Waals surface area contributed by atoms with E-state index in [0.29, 0.717) is 5.56 Å². The van der Waals surface area contributed by atoms with Crippen LogP contribution in [0.25, 0.3) is 0 Å². The molecule has 0 N–H and O–H groups in total. The van der Waals surface area contributed by atoms with Crippen LogP contribution in [0.3, 0.4) is 0 Å². The first-order valence-corrected chi connectivity index (χ1v) is 7.66. The standard InChI is InChI=1S/C17H25FN2O/c1-13(17(21)15-4-6-16(18)7-5-15)20-10-8-14(9-11-20)12-19(2)3/h4-7,13-14H,8-12H2,1-3H3. The minimum Gasteiger partial charge on any atom is -0.309 e. The number of carbonyl (C=O) groups excluding carboxylic acids is 1. The third-order valence-corrected chi connectivity index (χ3v) is 4.33. The number of hydrogen-bond donors (Lipinski definition) is 0.